The lowest BCUT2D eigenvalue weighted by Crippen LogP contribution is -2.30. The second kappa shape index (κ2) is 6.87. The average molecular weight is 354 g/mol. The normalized spacial score (nSPS) is 16.9. The topological polar surface area (TPSA) is 100.0 Å². The van der Waals surface area contributed by atoms with E-state index in [-0.39, 0.29) is 23.6 Å². The summed E-state index contributed by atoms with van der Waals surface area (Å²) in [5.74, 6) is -1.43. The van der Waals surface area contributed by atoms with Crippen molar-refractivity contribution < 1.29 is 24.5 Å². The van der Waals surface area contributed by atoms with E-state index < -0.39 is 23.5 Å². The first-order valence-electron chi connectivity index (χ1n) is 7.95. The summed E-state index contributed by atoms with van der Waals surface area (Å²) in [6, 6.07) is 7.33. The molecule has 1 aliphatic heterocycles. The molecule has 1 atom stereocenters. The smallest absolute Gasteiger partial charge is 0.290 e. The van der Waals surface area contributed by atoms with Gasteiger partial charge in [0.15, 0.2) is 23.0 Å². The van der Waals surface area contributed by atoms with Gasteiger partial charge in [0.1, 0.15) is 0 Å². The molecule has 7 nitrogen and oxygen atoms in total. The maximum atomic E-state index is 12.6. The lowest BCUT2D eigenvalue weighted by molar-refractivity contribution is -0.130. The Hall–Kier alpha value is -3.35. The molecule has 0 saturated heterocycles. The zero-order valence-corrected chi connectivity index (χ0v) is 14.3. The monoisotopic (exact) mass is 354 g/mol. The minimum Gasteiger partial charge on any atom is -0.504 e. The van der Waals surface area contributed by atoms with Crippen molar-refractivity contribution in [2.45, 2.75) is 19.5 Å². The van der Waals surface area contributed by atoms with Gasteiger partial charge in [0.05, 0.1) is 18.7 Å². The van der Waals surface area contributed by atoms with Crippen LogP contribution in [0.4, 0.5) is 0 Å². The summed E-state index contributed by atoms with van der Waals surface area (Å²) in [6.07, 6.45) is 3.24. The number of nitrogens with zero attached hydrogens (tertiary/aromatic N) is 2. The zero-order valence-electron chi connectivity index (χ0n) is 14.3. The number of hydrogen-bond donors (Lipinski definition) is 2. The van der Waals surface area contributed by atoms with Gasteiger partial charge in [-0.15, -0.1) is 0 Å². The molecule has 3 rings (SSSR count). The van der Waals surface area contributed by atoms with Crippen molar-refractivity contribution in [2.75, 3.05) is 7.11 Å². The fourth-order valence-electron chi connectivity index (χ4n) is 3.08. The minimum atomic E-state index is -0.783. The number of ketones is 1. The van der Waals surface area contributed by atoms with Crippen molar-refractivity contribution in [2.24, 2.45) is 0 Å². The molecule has 0 saturated carbocycles. The molecule has 0 unspecified atom stereocenters. The molecule has 0 spiro atoms. The highest BCUT2D eigenvalue weighted by Crippen LogP contribution is 2.41. The zero-order chi connectivity index (χ0) is 18.8. The number of phenols is 1. The first-order chi connectivity index (χ1) is 12.4. The summed E-state index contributed by atoms with van der Waals surface area (Å²) in [5, 5.41) is 20.1. The molecule has 134 valence electrons. The number of aliphatic hydroxyl groups is 1. The van der Waals surface area contributed by atoms with Gasteiger partial charge in [-0.3, -0.25) is 14.6 Å². The summed E-state index contributed by atoms with van der Waals surface area (Å²) < 4.78 is 5.12. The molecular formula is C19H18N2O5. The van der Waals surface area contributed by atoms with Crippen LogP contribution in [0.25, 0.3) is 0 Å². The predicted octanol–water partition coefficient (Wildman–Crippen LogP) is 2.28. The van der Waals surface area contributed by atoms with Crippen molar-refractivity contribution in [1.82, 2.24) is 9.88 Å². The van der Waals surface area contributed by atoms with Crippen LogP contribution in [0.3, 0.4) is 0 Å². The number of carbonyl (C=O) groups excluding carboxylic acids is 2. The molecule has 26 heavy (non-hydrogen) atoms. The number of hydrogen-bond acceptors (Lipinski definition) is 6. The number of Topliss-reactive ketones (excluding diaryl/α,β-unsaturated/α-hetero) is 1. The highest BCUT2D eigenvalue weighted by molar-refractivity contribution is 6.08. The minimum absolute atomic E-state index is 0.0200. The Bertz CT molecular complexity index is 892. The number of pyridine rings is 1. The average Bonchev–Trinajstić information content (AvgIpc) is 2.88. The highest BCUT2D eigenvalue weighted by atomic mass is 16.5. The first-order valence-corrected chi connectivity index (χ1v) is 7.95. The van der Waals surface area contributed by atoms with E-state index in [1.54, 1.807) is 36.7 Å². The van der Waals surface area contributed by atoms with Crippen LogP contribution in [0, 0.1) is 0 Å². The molecular weight excluding hydrogens is 336 g/mol. The lowest BCUT2D eigenvalue weighted by Gasteiger charge is -2.27. The van der Waals surface area contributed by atoms with Gasteiger partial charge in [-0.1, -0.05) is 12.1 Å². The largest absolute Gasteiger partial charge is 0.504 e. The first kappa shape index (κ1) is 17.5. The number of carbonyl (C=O) groups is 2. The molecule has 7 heteroatoms. The molecule has 1 aromatic carbocycles. The van der Waals surface area contributed by atoms with Crippen LogP contribution < -0.4 is 4.74 Å². The van der Waals surface area contributed by atoms with E-state index in [9.17, 15) is 19.8 Å². The summed E-state index contributed by atoms with van der Waals surface area (Å²) in [4.78, 5) is 30.1. The number of aromatic hydroxyl groups is 1. The summed E-state index contributed by atoms with van der Waals surface area (Å²) in [7, 11) is 1.41. The number of benzene rings is 1. The Morgan fingerprint density at radius 3 is 2.69 bits per heavy atom. The molecule has 1 aromatic heterocycles. The number of rotatable bonds is 5. The number of ether oxygens (including phenoxy) is 1. The molecule has 1 amide bonds. The fourth-order valence-corrected chi connectivity index (χ4v) is 3.08. The Balaban J connectivity index is 2.08. The number of aliphatic hydroxyl groups excluding tert-OH is 1. The molecule has 2 aromatic rings. The molecule has 0 bridgehead atoms. The summed E-state index contributed by atoms with van der Waals surface area (Å²) in [6.45, 7) is 1.47. The molecule has 2 heterocycles. The van der Waals surface area contributed by atoms with E-state index in [0.29, 0.717) is 5.56 Å². The highest BCUT2D eigenvalue weighted by Gasteiger charge is 2.42. The number of amides is 1. The van der Waals surface area contributed by atoms with E-state index in [4.69, 9.17) is 4.74 Å². The van der Waals surface area contributed by atoms with Crippen molar-refractivity contribution in [3.63, 3.8) is 0 Å². The molecule has 0 radical (unpaired) electrons. The van der Waals surface area contributed by atoms with Gasteiger partial charge < -0.3 is 19.8 Å². The predicted molar refractivity (Wildman–Crippen MR) is 92.5 cm³/mol. The van der Waals surface area contributed by atoms with Crippen molar-refractivity contribution in [3.05, 3.63) is 65.2 Å². The Morgan fingerprint density at radius 2 is 2.08 bits per heavy atom. The maximum Gasteiger partial charge on any atom is 0.290 e. The van der Waals surface area contributed by atoms with Gasteiger partial charge >= 0.3 is 0 Å². The van der Waals surface area contributed by atoms with Crippen LogP contribution in [0.2, 0.25) is 0 Å². The second-order valence-corrected chi connectivity index (χ2v) is 5.95. The van der Waals surface area contributed by atoms with Crippen LogP contribution >= 0.6 is 0 Å². The Labute approximate surface area is 150 Å². The van der Waals surface area contributed by atoms with Crippen LogP contribution in [0.1, 0.15) is 24.1 Å². The standard InChI is InChI=1S/C19H18N2O5/c1-11(22)16-17(13-5-6-14(23)15(8-13)26-2)21(19(25)18(16)24)10-12-4-3-7-20-9-12/h3-9,17,23-24H,10H2,1-2H3/t17-/m1/s1. The third-order valence-electron chi connectivity index (χ3n) is 4.28. The van der Waals surface area contributed by atoms with E-state index in [2.05, 4.69) is 4.98 Å². The van der Waals surface area contributed by atoms with E-state index in [0.717, 1.165) is 5.56 Å². The SMILES string of the molecule is COc1cc([C@@H]2C(C(C)=O)=C(O)C(=O)N2Cc2cccnc2)ccc1O. The van der Waals surface area contributed by atoms with Crippen LogP contribution in [-0.2, 0) is 16.1 Å². The summed E-state index contributed by atoms with van der Waals surface area (Å²) >= 11 is 0. The number of aromatic nitrogens is 1. The van der Waals surface area contributed by atoms with Crippen molar-refractivity contribution >= 4 is 11.7 Å². The van der Waals surface area contributed by atoms with Crippen LogP contribution in [0.15, 0.2) is 54.1 Å². The molecule has 0 aliphatic carbocycles. The van der Waals surface area contributed by atoms with Crippen molar-refractivity contribution in [3.8, 4) is 11.5 Å². The maximum absolute atomic E-state index is 12.6. The Kier molecular flexibility index (Phi) is 4.62. The van der Waals surface area contributed by atoms with Gasteiger partial charge in [0.25, 0.3) is 5.91 Å². The van der Waals surface area contributed by atoms with E-state index >= 15 is 0 Å². The second-order valence-electron chi connectivity index (χ2n) is 5.95. The van der Waals surface area contributed by atoms with Gasteiger partial charge in [-0.05, 0) is 36.2 Å². The lowest BCUT2D eigenvalue weighted by atomic mass is 9.96. The van der Waals surface area contributed by atoms with Gasteiger partial charge in [0, 0.05) is 18.9 Å². The van der Waals surface area contributed by atoms with Gasteiger partial charge in [-0.2, -0.15) is 0 Å². The van der Waals surface area contributed by atoms with Crippen LogP contribution in [-0.4, -0.2) is 38.9 Å². The summed E-state index contributed by atoms with van der Waals surface area (Å²) in [5.41, 5.74) is 1.33. The molecule has 1 aliphatic rings. The van der Waals surface area contributed by atoms with E-state index in [1.807, 2.05) is 0 Å². The van der Waals surface area contributed by atoms with Gasteiger partial charge in [-0.25, -0.2) is 0 Å². The van der Waals surface area contributed by atoms with E-state index in [1.165, 1.54) is 25.0 Å². The number of phenolic OH excluding ortho intramolecular Hbond substituents is 1. The third kappa shape index (κ3) is 2.99. The molecule has 0 fully saturated rings. The fraction of sp³-hybridized carbons (Fsp3) is 0.211. The molecule has 2 N–H and O–H groups in total. The van der Waals surface area contributed by atoms with Crippen molar-refractivity contribution in [1.29, 1.82) is 0 Å². The van der Waals surface area contributed by atoms with Gasteiger partial charge in [0.2, 0.25) is 0 Å². The Morgan fingerprint density at radius 1 is 1.31 bits per heavy atom. The van der Waals surface area contributed by atoms with Crippen LogP contribution in [0.5, 0.6) is 11.5 Å². The third-order valence-corrected chi connectivity index (χ3v) is 4.28. The number of methoxy groups -OCH3 is 1. The quantitative estimate of drug-likeness (QED) is 0.854.